The molecular formula is C19H24N4O3S. The van der Waals surface area contributed by atoms with Gasteiger partial charge < -0.3 is 16.4 Å². The molecule has 1 aromatic carbocycles. The molecule has 0 unspecified atom stereocenters. The highest BCUT2D eigenvalue weighted by Crippen LogP contribution is 2.20. The van der Waals surface area contributed by atoms with Crippen molar-refractivity contribution in [2.45, 2.75) is 39.7 Å². The van der Waals surface area contributed by atoms with E-state index in [1.54, 1.807) is 24.3 Å². The van der Waals surface area contributed by atoms with Gasteiger partial charge in [-0.2, -0.15) is 0 Å². The number of nitrogens with one attached hydrogen (secondary N) is 2. The number of rotatable bonds is 9. The molecule has 0 bridgehead atoms. The Kier molecular flexibility index (Phi) is 7.48. The first-order valence-electron chi connectivity index (χ1n) is 8.80. The van der Waals surface area contributed by atoms with Crippen molar-refractivity contribution in [2.75, 3.05) is 6.54 Å². The van der Waals surface area contributed by atoms with Crippen molar-refractivity contribution in [2.24, 2.45) is 5.73 Å². The molecule has 0 radical (unpaired) electrons. The van der Waals surface area contributed by atoms with Crippen molar-refractivity contribution in [3.8, 4) is 0 Å². The second-order valence-corrected chi connectivity index (χ2v) is 7.24. The molecule has 8 heteroatoms. The molecule has 1 aromatic heterocycles. The van der Waals surface area contributed by atoms with Crippen molar-refractivity contribution in [1.29, 1.82) is 0 Å². The molecule has 0 atom stereocenters. The van der Waals surface area contributed by atoms with Crippen molar-refractivity contribution in [1.82, 2.24) is 15.6 Å². The standard InChI is InChI=1S/C19H24N4O3S/c1-3-4-5-16-23-12(2)17(27-16)19(26)21-10-13-6-8-14(9-7-13)18(25)22-11-15(20)24/h6-9H,3-5,10-11H2,1-2H3,(H2,20,24)(H,21,26)(H,22,25). The monoisotopic (exact) mass is 388 g/mol. The summed E-state index contributed by atoms with van der Waals surface area (Å²) in [5.41, 5.74) is 7.04. The maximum absolute atomic E-state index is 12.4. The van der Waals surface area contributed by atoms with Crippen molar-refractivity contribution in [3.63, 3.8) is 0 Å². The predicted octanol–water partition coefficient (Wildman–Crippen LogP) is 1.94. The number of amides is 3. The van der Waals surface area contributed by atoms with Crippen LogP contribution in [0.1, 0.15) is 56.1 Å². The SMILES string of the molecule is CCCCc1nc(C)c(C(=O)NCc2ccc(C(=O)NCC(N)=O)cc2)s1. The van der Waals surface area contributed by atoms with E-state index in [0.717, 1.165) is 35.5 Å². The van der Waals surface area contributed by atoms with E-state index in [1.807, 2.05) is 6.92 Å². The van der Waals surface area contributed by atoms with E-state index in [0.29, 0.717) is 17.0 Å². The smallest absolute Gasteiger partial charge is 0.263 e. The van der Waals surface area contributed by atoms with E-state index < -0.39 is 5.91 Å². The van der Waals surface area contributed by atoms with Crippen LogP contribution in [0.2, 0.25) is 0 Å². The van der Waals surface area contributed by atoms with E-state index in [1.165, 1.54) is 11.3 Å². The number of hydrogen-bond acceptors (Lipinski definition) is 5. The third-order valence-corrected chi connectivity index (χ3v) is 5.10. The summed E-state index contributed by atoms with van der Waals surface area (Å²) in [6.07, 6.45) is 3.05. The zero-order valence-electron chi connectivity index (χ0n) is 15.5. The number of carbonyl (C=O) groups excluding carboxylic acids is 3. The summed E-state index contributed by atoms with van der Waals surface area (Å²) in [5, 5.41) is 6.30. The van der Waals surface area contributed by atoms with Crippen molar-refractivity contribution < 1.29 is 14.4 Å². The van der Waals surface area contributed by atoms with E-state index in [-0.39, 0.29) is 18.4 Å². The van der Waals surface area contributed by atoms with Crippen LogP contribution in [0.25, 0.3) is 0 Å². The first-order valence-corrected chi connectivity index (χ1v) is 9.62. The number of unbranched alkanes of at least 4 members (excludes halogenated alkanes) is 1. The van der Waals surface area contributed by atoms with Crippen LogP contribution in [-0.2, 0) is 17.8 Å². The average molecular weight is 388 g/mol. The molecule has 7 nitrogen and oxygen atoms in total. The molecule has 2 rings (SSSR count). The molecule has 3 amide bonds. The summed E-state index contributed by atoms with van der Waals surface area (Å²) in [4.78, 5) is 40.0. The fourth-order valence-electron chi connectivity index (χ4n) is 2.40. The maximum Gasteiger partial charge on any atom is 0.263 e. The molecule has 0 saturated carbocycles. The van der Waals surface area contributed by atoms with Crippen LogP contribution in [0.5, 0.6) is 0 Å². The Balaban J connectivity index is 1.90. The minimum atomic E-state index is -0.598. The number of benzene rings is 1. The van der Waals surface area contributed by atoms with Crippen LogP contribution in [0.15, 0.2) is 24.3 Å². The van der Waals surface area contributed by atoms with Crippen LogP contribution in [-0.4, -0.2) is 29.3 Å². The van der Waals surface area contributed by atoms with Crippen LogP contribution in [0.3, 0.4) is 0 Å². The molecule has 27 heavy (non-hydrogen) atoms. The summed E-state index contributed by atoms with van der Waals surface area (Å²) in [6.45, 7) is 4.12. The van der Waals surface area contributed by atoms with Gasteiger partial charge >= 0.3 is 0 Å². The highest BCUT2D eigenvalue weighted by molar-refractivity contribution is 7.13. The van der Waals surface area contributed by atoms with Gasteiger partial charge in [0.1, 0.15) is 4.88 Å². The Bertz CT molecular complexity index is 815. The molecule has 0 aliphatic heterocycles. The molecule has 0 spiro atoms. The average Bonchev–Trinajstić information content (AvgIpc) is 3.03. The number of nitrogens with zero attached hydrogens (tertiary/aromatic N) is 1. The Hall–Kier alpha value is -2.74. The number of aryl methyl sites for hydroxylation is 2. The van der Waals surface area contributed by atoms with Gasteiger partial charge in [0.15, 0.2) is 0 Å². The second-order valence-electron chi connectivity index (χ2n) is 6.15. The highest BCUT2D eigenvalue weighted by atomic mass is 32.1. The fourth-order valence-corrected chi connectivity index (χ4v) is 3.43. The minimum Gasteiger partial charge on any atom is -0.368 e. The summed E-state index contributed by atoms with van der Waals surface area (Å²) in [7, 11) is 0. The first-order chi connectivity index (χ1) is 12.9. The first kappa shape index (κ1) is 20.6. The van der Waals surface area contributed by atoms with Gasteiger partial charge in [-0.1, -0.05) is 25.5 Å². The maximum atomic E-state index is 12.4. The van der Waals surface area contributed by atoms with Gasteiger partial charge in [0.2, 0.25) is 5.91 Å². The number of thiazole rings is 1. The number of carbonyl (C=O) groups is 3. The van der Waals surface area contributed by atoms with Crippen LogP contribution < -0.4 is 16.4 Å². The Morgan fingerprint density at radius 2 is 1.81 bits per heavy atom. The summed E-state index contributed by atoms with van der Waals surface area (Å²) < 4.78 is 0. The highest BCUT2D eigenvalue weighted by Gasteiger charge is 2.15. The van der Waals surface area contributed by atoms with Gasteiger partial charge in [0.25, 0.3) is 11.8 Å². The van der Waals surface area contributed by atoms with Crippen LogP contribution >= 0.6 is 11.3 Å². The lowest BCUT2D eigenvalue weighted by Gasteiger charge is -2.06. The number of aromatic nitrogens is 1. The van der Waals surface area contributed by atoms with Crippen molar-refractivity contribution >= 4 is 29.1 Å². The van der Waals surface area contributed by atoms with Gasteiger partial charge in [-0.25, -0.2) is 4.98 Å². The zero-order chi connectivity index (χ0) is 19.8. The largest absolute Gasteiger partial charge is 0.368 e. The lowest BCUT2D eigenvalue weighted by atomic mass is 10.1. The molecule has 0 fully saturated rings. The van der Waals surface area contributed by atoms with E-state index in [9.17, 15) is 14.4 Å². The molecule has 0 saturated heterocycles. The minimum absolute atomic E-state index is 0.143. The molecular weight excluding hydrogens is 364 g/mol. The number of hydrogen-bond donors (Lipinski definition) is 3. The summed E-state index contributed by atoms with van der Waals surface area (Å²) >= 11 is 1.44. The van der Waals surface area contributed by atoms with E-state index >= 15 is 0 Å². The van der Waals surface area contributed by atoms with E-state index in [2.05, 4.69) is 22.5 Å². The van der Waals surface area contributed by atoms with E-state index in [4.69, 9.17) is 5.73 Å². The van der Waals surface area contributed by atoms with Gasteiger partial charge in [0.05, 0.1) is 17.2 Å². The van der Waals surface area contributed by atoms with Crippen molar-refractivity contribution in [3.05, 3.63) is 51.0 Å². The third-order valence-electron chi connectivity index (χ3n) is 3.88. The van der Waals surface area contributed by atoms with Crippen LogP contribution in [0, 0.1) is 6.92 Å². The lowest BCUT2D eigenvalue weighted by Crippen LogP contribution is -2.33. The topological polar surface area (TPSA) is 114 Å². The summed E-state index contributed by atoms with van der Waals surface area (Å²) in [5.74, 6) is -1.11. The molecule has 2 aromatic rings. The molecule has 144 valence electrons. The van der Waals surface area contributed by atoms with Gasteiger partial charge in [0, 0.05) is 12.1 Å². The van der Waals surface area contributed by atoms with Gasteiger partial charge in [-0.05, 0) is 37.5 Å². The number of nitrogens with two attached hydrogens (primary N) is 1. The predicted molar refractivity (Wildman–Crippen MR) is 105 cm³/mol. The number of primary amides is 1. The van der Waals surface area contributed by atoms with Crippen LogP contribution in [0.4, 0.5) is 0 Å². The summed E-state index contributed by atoms with van der Waals surface area (Å²) in [6, 6.07) is 6.79. The normalized spacial score (nSPS) is 10.4. The Labute approximate surface area is 162 Å². The Morgan fingerprint density at radius 3 is 2.44 bits per heavy atom. The van der Waals surface area contributed by atoms with Gasteiger partial charge in [-0.15, -0.1) is 11.3 Å². The quantitative estimate of drug-likeness (QED) is 0.609. The molecule has 4 N–H and O–H groups in total. The zero-order valence-corrected chi connectivity index (χ0v) is 16.3. The second kappa shape index (κ2) is 9.82. The molecule has 1 heterocycles. The lowest BCUT2D eigenvalue weighted by molar-refractivity contribution is -0.117. The Morgan fingerprint density at radius 1 is 1.11 bits per heavy atom. The third kappa shape index (κ3) is 6.18. The molecule has 0 aliphatic carbocycles. The van der Waals surface area contributed by atoms with Gasteiger partial charge in [-0.3, -0.25) is 14.4 Å². The fraction of sp³-hybridized carbons (Fsp3) is 0.368. The molecule has 0 aliphatic rings.